The normalized spacial score (nSPS) is 27.9. The van der Waals surface area contributed by atoms with Gasteiger partial charge in [0.15, 0.2) is 0 Å². The van der Waals surface area contributed by atoms with Gasteiger partial charge in [0, 0.05) is 6.61 Å². The summed E-state index contributed by atoms with van der Waals surface area (Å²) in [4.78, 5) is 0. The molecule has 0 amide bonds. The molecule has 0 radical (unpaired) electrons. The Bertz CT molecular complexity index is 330. The molecule has 3 aliphatic carbocycles. The van der Waals surface area contributed by atoms with Crippen LogP contribution in [0.5, 0.6) is 0 Å². The van der Waals surface area contributed by atoms with Crippen molar-refractivity contribution in [3.8, 4) is 0 Å². The van der Waals surface area contributed by atoms with E-state index in [4.69, 9.17) is 4.74 Å². The Morgan fingerprint density at radius 2 is 1.15 bits per heavy atom. The van der Waals surface area contributed by atoms with Crippen molar-refractivity contribution in [1.29, 1.82) is 0 Å². The zero-order valence-electron chi connectivity index (χ0n) is 17.6. The van der Waals surface area contributed by atoms with Gasteiger partial charge in [-0.1, -0.05) is 90.4 Å². The summed E-state index contributed by atoms with van der Waals surface area (Å²) >= 11 is 0. The van der Waals surface area contributed by atoms with Crippen LogP contribution < -0.4 is 0 Å². The molecule has 2 bridgehead atoms. The Hall–Kier alpha value is -0.0800. The lowest BCUT2D eigenvalue weighted by Gasteiger charge is -2.45. The van der Waals surface area contributed by atoms with E-state index in [0.717, 1.165) is 19.4 Å². The summed E-state index contributed by atoms with van der Waals surface area (Å²) in [5, 5.41) is 9.97. The van der Waals surface area contributed by atoms with Crippen LogP contribution in [0.25, 0.3) is 0 Å². The van der Waals surface area contributed by atoms with Crippen LogP contribution in [0.2, 0.25) is 0 Å². The molecule has 0 aromatic heterocycles. The van der Waals surface area contributed by atoms with Crippen LogP contribution >= 0.6 is 0 Å². The Labute approximate surface area is 163 Å². The second-order valence-electron chi connectivity index (χ2n) is 9.14. The topological polar surface area (TPSA) is 29.5 Å². The standard InChI is InChI=1S/C24H46O2/c1-2-3-4-5-6-7-8-9-10-11-12-13-14-15-18-26-24-20-21-16-17-22(24)19-23(21)25/h21-25H,2-20H2,1H3. The summed E-state index contributed by atoms with van der Waals surface area (Å²) < 4.78 is 6.16. The lowest BCUT2D eigenvalue weighted by atomic mass is 9.67. The molecular formula is C24H46O2. The molecule has 2 heteroatoms. The third kappa shape index (κ3) is 8.74. The molecule has 0 aliphatic heterocycles. The Morgan fingerprint density at radius 1 is 0.654 bits per heavy atom. The molecule has 154 valence electrons. The number of rotatable bonds is 16. The van der Waals surface area contributed by atoms with Crippen molar-refractivity contribution in [3.05, 3.63) is 0 Å². The van der Waals surface area contributed by atoms with E-state index in [1.165, 1.54) is 103 Å². The fraction of sp³-hybridized carbons (Fsp3) is 1.00. The van der Waals surface area contributed by atoms with Gasteiger partial charge in [-0.2, -0.15) is 0 Å². The minimum atomic E-state index is -0.0327. The second kappa shape index (κ2) is 14.0. The van der Waals surface area contributed by atoms with Gasteiger partial charge in [0.25, 0.3) is 0 Å². The smallest absolute Gasteiger partial charge is 0.0607 e. The lowest BCUT2D eigenvalue weighted by Crippen LogP contribution is -2.44. The molecule has 3 fully saturated rings. The first-order valence-corrected chi connectivity index (χ1v) is 12.1. The van der Waals surface area contributed by atoms with Crippen LogP contribution in [0.4, 0.5) is 0 Å². The fourth-order valence-corrected chi connectivity index (χ4v) is 5.08. The summed E-state index contributed by atoms with van der Waals surface area (Å²) in [6.07, 6.45) is 24.8. The van der Waals surface area contributed by atoms with E-state index in [1.807, 2.05) is 0 Å². The Morgan fingerprint density at radius 3 is 1.62 bits per heavy atom. The Balaban J connectivity index is 1.29. The van der Waals surface area contributed by atoms with Gasteiger partial charge >= 0.3 is 0 Å². The van der Waals surface area contributed by atoms with Crippen molar-refractivity contribution in [3.63, 3.8) is 0 Å². The maximum Gasteiger partial charge on any atom is 0.0607 e. The average Bonchev–Trinajstić information content (AvgIpc) is 2.66. The maximum absolute atomic E-state index is 9.97. The fourth-order valence-electron chi connectivity index (χ4n) is 5.08. The average molecular weight is 367 g/mol. The molecule has 2 nitrogen and oxygen atoms in total. The van der Waals surface area contributed by atoms with Crippen molar-refractivity contribution >= 4 is 0 Å². The first-order chi connectivity index (χ1) is 12.8. The minimum absolute atomic E-state index is 0.0327. The van der Waals surface area contributed by atoms with Crippen LogP contribution in [-0.2, 0) is 4.74 Å². The van der Waals surface area contributed by atoms with Crippen LogP contribution in [-0.4, -0.2) is 23.9 Å². The molecule has 0 aromatic rings. The highest BCUT2D eigenvalue weighted by molar-refractivity contribution is 4.92. The molecule has 3 rings (SSSR count). The molecule has 4 atom stereocenters. The zero-order chi connectivity index (χ0) is 18.5. The highest BCUT2D eigenvalue weighted by Gasteiger charge is 2.41. The molecule has 3 saturated carbocycles. The molecule has 3 aliphatic rings. The number of unbranched alkanes of at least 4 members (excludes halogenated alkanes) is 13. The summed E-state index contributed by atoms with van der Waals surface area (Å²) in [5.41, 5.74) is 0. The molecule has 0 heterocycles. The predicted octanol–water partition coefficient (Wildman–Crippen LogP) is 7.03. The summed E-state index contributed by atoms with van der Waals surface area (Å²) in [5.74, 6) is 1.17. The number of ether oxygens (including phenoxy) is 1. The van der Waals surface area contributed by atoms with E-state index in [-0.39, 0.29) is 6.10 Å². The second-order valence-corrected chi connectivity index (χ2v) is 9.14. The van der Waals surface area contributed by atoms with E-state index >= 15 is 0 Å². The first-order valence-electron chi connectivity index (χ1n) is 12.1. The molecule has 1 N–H and O–H groups in total. The number of hydrogen-bond acceptors (Lipinski definition) is 2. The van der Waals surface area contributed by atoms with Gasteiger partial charge in [0.2, 0.25) is 0 Å². The van der Waals surface area contributed by atoms with Crippen molar-refractivity contribution < 1.29 is 9.84 Å². The highest BCUT2D eigenvalue weighted by atomic mass is 16.5. The largest absolute Gasteiger partial charge is 0.393 e. The van der Waals surface area contributed by atoms with Crippen molar-refractivity contribution in [2.24, 2.45) is 11.8 Å². The number of aliphatic hydroxyl groups excluding tert-OH is 1. The summed E-state index contributed by atoms with van der Waals surface area (Å²) in [6.45, 7) is 3.24. The first kappa shape index (κ1) is 22.2. The van der Waals surface area contributed by atoms with Gasteiger partial charge in [-0.05, 0) is 43.9 Å². The van der Waals surface area contributed by atoms with Crippen LogP contribution in [0, 0.1) is 11.8 Å². The van der Waals surface area contributed by atoms with Gasteiger partial charge < -0.3 is 9.84 Å². The van der Waals surface area contributed by atoms with Crippen molar-refractivity contribution in [2.45, 2.75) is 135 Å². The van der Waals surface area contributed by atoms with Crippen LogP contribution in [0.3, 0.4) is 0 Å². The predicted molar refractivity (Wildman–Crippen MR) is 112 cm³/mol. The quantitative estimate of drug-likeness (QED) is 0.297. The summed E-state index contributed by atoms with van der Waals surface area (Å²) in [6, 6.07) is 0. The number of fused-ring (bicyclic) bond motifs is 3. The van der Waals surface area contributed by atoms with Gasteiger partial charge in [-0.25, -0.2) is 0 Å². The lowest BCUT2D eigenvalue weighted by molar-refractivity contribution is -0.102. The third-order valence-electron chi connectivity index (χ3n) is 6.89. The van der Waals surface area contributed by atoms with E-state index in [9.17, 15) is 5.11 Å². The molecule has 0 aromatic carbocycles. The van der Waals surface area contributed by atoms with Crippen LogP contribution in [0.1, 0.15) is 122 Å². The van der Waals surface area contributed by atoms with E-state index in [0.29, 0.717) is 17.9 Å². The molecule has 4 unspecified atom stereocenters. The highest BCUT2D eigenvalue weighted by Crippen LogP contribution is 2.42. The van der Waals surface area contributed by atoms with Gasteiger partial charge in [0.05, 0.1) is 12.2 Å². The van der Waals surface area contributed by atoms with Crippen molar-refractivity contribution in [2.75, 3.05) is 6.61 Å². The zero-order valence-corrected chi connectivity index (χ0v) is 17.6. The van der Waals surface area contributed by atoms with Gasteiger partial charge in [0.1, 0.15) is 0 Å². The third-order valence-corrected chi connectivity index (χ3v) is 6.89. The molecule has 0 spiro atoms. The van der Waals surface area contributed by atoms with Gasteiger partial charge in [-0.15, -0.1) is 0 Å². The molecular weight excluding hydrogens is 320 g/mol. The van der Waals surface area contributed by atoms with Crippen LogP contribution in [0.15, 0.2) is 0 Å². The SMILES string of the molecule is CCCCCCCCCCCCCCCCOC1CC2CCC1CC2O. The monoisotopic (exact) mass is 366 g/mol. The van der Waals surface area contributed by atoms with E-state index < -0.39 is 0 Å². The van der Waals surface area contributed by atoms with E-state index in [1.54, 1.807) is 0 Å². The van der Waals surface area contributed by atoms with Crippen molar-refractivity contribution in [1.82, 2.24) is 0 Å². The minimum Gasteiger partial charge on any atom is -0.393 e. The molecule has 26 heavy (non-hydrogen) atoms. The number of aliphatic hydroxyl groups is 1. The van der Waals surface area contributed by atoms with E-state index in [2.05, 4.69) is 6.92 Å². The Kier molecular flexibility index (Phi) is 12.0. The summed E-state index contributed by atoms with van der Waals surface area (Å²) in [7, 11) is 0. The number of hydrogen-bond donors (Lipinski definition) is 1. The molecule has 0 saturated heterocycles. The maximum atomic E-state index is 9.97. The van der Waals surface area contributed by atoms with Gasteiger partial charge in [-0.3, -0.25) is 0 Å².